The van der Waals surface area contributed by atoms with E-state index in [1.807, 2.05) is 0 Å². The van der Waals surface area contributed by atoms with Crippen LogP contribution >= 0.6 is 0 Å². The van der Waals surface area contributed by atoms with Gasteiger partial charge in [-0.05, 0) is 0 Å². The molecule has 4 nitrogen and oxygen atoms in total. The third-order valence-electron chi connectivity index (χ3n) is 0.271. The molecule has 0 aliphatic rings. The molecule has 0 amide bonds. The van der Waals surface area contributed by atoms with Crippen molar-refractivity contribution >= 4 is 13.8 Å². The molecule has 36 valence electrons. The number of nitrogens with zero attached hydrogens (tertiary/aromatic N) is 2. The normalized spacial score (nSPS) is 9.00. The Labute approximate surface area is 42.6 Å². The van der Waals surface area contributed by atoms with E-state index in [-0.39, 0.29) is 0 Å². The van der Waals surface area contributed by atoms with Crippen molar-refractivity contribution in [3.8, 4) is 9.71 Å². The average Bonchev–Trinajstić information content (AvgIpc) is 1.68. The summed E-state index contributed by atoms with van der Waals surface area (Å²) < 4.78 is 17.9. The Bertz CT molecular complexity index is 167. The van der Waals surface area contributed by atoms with Gasteiger partial charge in [-0.1, -0.05) is 0 Å². The van der Waals surface area contributed by atoms with Crippen LogP contribution < -0.4 is 0 Å². The van der Waals surface area contributed by atoms with E-state index >= 15 is 0 Å². The first-order valence-electron chi connectivity index (χ1n) is 1.28. The van der Waals surface area contributed by atoms with Gasteiger partial charge in [0, 0.05) is 0 Å². The summed E-state index contributed by atoms with van der Waals surface area (Å²) in [5.74, 6) is 0. The van der Waals surface area contributed by atoms with Gasteiger partial charge in [0.15, 0.2) is 0 Å². The summed E-state index contributed by atoms with van der Waals surface area (Å²) in [4.78, 5) is 2.00. The fraction of sp³-hybridized carbons (Fsp3) is 0. The molecule has 7 heavy (non-hydrogen) atoms. The summed E-state index contributed by atoms with van der Waals surface area (Å²) in [7, 11) is 0. The molecule has 0 unspecified atom stereocenters. The molecule has 0 aromatic rings. The van der Waals surface area contributed by atoms with Crippen molar-refractivity contribution in [1.82, 2.24) is 0 Å². The first-order chi connectivity index (χ1) is 3.12. The second kappa shape index (κ2) is 1.84. The molecule has 0 aromatic carbocycles. The summed E-state index contributed by atoms with van der Waals surface area (Å²) in [6, 6.07) is 0. The van der Waals surface area contributed by atoms with Crippen molar-refractivity contribution in [3.63, 3.8) is 0 Å². The quantitative estimate of drug-likeness (QED) is 0.459. The Morgan fingerprint density at radius 2 is 1.71 bits per heavy atom. The molecule has 0 fully saturated rings. The van der Waals surface area contributed by atoms with E-state index in [0.717, 1.165) is 9.71 Å². The molecule has 0 bridgehead atoms. The van der Waals surface area contributed by atoms with Crippen molar-refractivity contribution in [1.29, 1.82) is 10.5 Å². The summed E-state index contributed by atoms with van der Waals surface area (Å²) in [5.41, 5.74) is 0. The van der Waals surface area contributed by atoms with Crippen LogP contribution in [-0.2, 0) is 3.74 Å². The molecule has 0 aliphatic carbocycles. The van der Waals surface area contributed by atoms with Crippen LogP contribution in [0, 0.1) is 20.2 Å². The Hall–Kier alpha value is -0.702. The fourth-order valence-electron chi connectivity index (χ4n) is 0.0224. The molecular formula is C2HAsN2O2. The van der Waals surface area contributed by atoms with E-state index in [0.29, 0.717) is 0 Å². The third kappa shape index (κ3) is 2.05. The molecule has 0 radical (unpaired) electrons. The Kier molecular flexibility index (Phi) is 1.65. The Morgan fingerprint density at radius 3 is 1.71 bits per heavy atom. The maximum absolute atomic E-state index is 9.85. The van der Waals surface area contributed by atoms with Gasteiger partial charge < -0.3 is 0 Å². The molecule has 0 atom stereocenters. The molecule has 0 aromatic heterocycles. The van der Waals surface area contributed by atoms with Crippen LogP contribution in [0.2, 0.25) is 0 Å². The zero-order chi connectivity index (χ0) is 5.91. The van der Waals surface area contributed by atoms with Crippen molar-refractivity contribution in [2.75, 3.05) is 0 Å². The minimum absolute atomic E-state index is 1.00. The van der Waals surface area contributed by atoms with Gasteiger partial charge >= 0.3 is 41.9 Å². The van der Waals surface area contributed by atoms with Gasteiger partial charge in [0.1, 0.15) is 0 Å². The van der Waals surface area contributed by atoms with E-state index in [1.165, 1.54) is 0 Å². The molecule has 0 rings (SSSR count). The number of hydrogen-bond donors (Lipinski definition) is 1. The molecule has 0 aliphatic heterocycles. The van der Waals surface area contributed by atoms with Crippen LogP contribution in [-0.4, -0.2) is 17.9 Å². The van der Waals surface area contributed by atoms with E-state index in [2.05, 4.69) is 0 Å². The van der Waals surface area contributed by atoms with Crippen LogP contribution in [0.5, 0.6) is 0 Å². The monoisotopic (exact) mass is 160 g/mol. The van der Waals surface area contributed by atoms with Crippen LogP contribution in [0.4, 0.5) is 0 Å². The summed E-state index contributed by atoms with van der Waals surface area (Å²) in [6.45, 7) is 0. The maximum atomic E-state index is 9.85. The Morgan fingerprint density at radius 1 is 1.43 bits per heavy atom. The van der Waals surface area contributed by atoms with E-state index in [1.54, 1.807) is 0 Å². The second-order valence-corrected chi connectivity index (χ2v) is 4.03. The fourth-order valence-corrected chi connectivity index (χ4v) is 0.116. The standard InChI is InChI=1S/C2HAsN2O2/c4-1-3(6,7)2-5/h(H,6,7). The van der Waals surface area contributed by atoms with Crippen molar-refractivity contribution in [2.24, 2.45) is 0 Å². The molecule has 0 heterocycles. The van der Waals surface area contributed by atoms with Crippen molar-refractivity contribution in [3.05, 3.63) is 0 Å². The van der Waals surface area contributed by atoms with Crippen LogP contribution in [0.25, 0.3) is 0 Å². The minimum atomic E-state index is -4.58. The zero-order valence-corrected chi connectivity index (χ0v) is 5.07. The van der Waals surface area contributed by atoms with Crippen molar-refractivity contribution < 1.29 is 7.84 Å². The predicted molar refractivity (Wildman–Crippen MR) is 19.9 cm³/mol. The first-order valence-corrected chi connectivity index (χ1v) is 4.76. The molecule has 0 saturated carbocycles. The number of nitriles is 2. The van der Waals surface area contributed by atoms with Crippen LogP contribution in [0.1, 0.15) is 0 Å². The Balaban J connectivity index is 4.34. The molecular weight excluding hydrogens is 159 g/mol. The average molecular weight is 160 g/mol. The molecule has 0 saturated heterocycles. The van der Waals surface area contributed by atoms with E-state index < -0.39 is 13.8 Å². The van der Waals surface area contributed by atoms with Crippen LogP contribution in [0.3, 0.4) is 0 Å². The van der Waals surface area contributed by atoms with Crippen LogP contribution in [0.15, 0.2) is 0 Å². The number of hydrogen-bond acceptors (Lipinski definition) is 3. The summed E-state index contributed by atoms with van der Waals surface area (Å²) >= 11 is -4.58. The van der Waals surface area contributed by atoms with E-state index in [9.17, 15) is 3.74 Å². The summed E-state index contributed by atoms with van der Waals surface area (Å²) in [5, 5.41) is 15.3. The SMILES string of the molecule is N#C[As](=O)(O)C#N. The number of rotatable bonds is 0. The van der Waals surface area contributed by atoms with Gasteiger partial charge in [0.25, 0.3) is 0 Å². The third-order valence-corrected chi connectivity index (χ3v) is 1.41. The van der Waals surface area contributed by atoms with E-state index in [4.69, 9.17) is 14.6 Å². The molecule has 5 heteroatoms. The van der Waals surface area contributed by atoms with Gasteiger partial charge in [-0.2, -0.15) is 0 Å². The van der Waals surface area contributed by atoms with Gasteiger partial charge in [-0.3, -0.25) is 0 Å². The molecule has 0 spiro atoms. The zero-order valence-electron chi connectivity index (χ0n) is 3.20. The first kappa shape index (κ1) is 6.30. The van der Waals surface area contributed by atoms with Gasteiger partial charge in [0.05, 0.1) is 0 Å². The van der Waals surface area contributed by atoms with Gasteiger partial charge in [0.2, 0.25) is 0 Å². The summed E-state index contributed by atoms with van der Waals surface area (Å²) in [6.07, 6.45) is 0. The molecule has 1 N–H and O–H groups in total. The van der Waals surface area contributed by atoms with Crippen molar-refractivity contribution in [2.45, 2.75) is 0 Å². The predicted octanol–water partition coefficient (Wildman–Crippen LogP) is -1.02. The van der Waals surface area contributed by atoms with Gasteiger partial charge in [-0.25, -0.2) is 0 Å². The van der Waals surface area contributed by atoms with Gasteiger partial charge in [-0.15, -0.1) is 0 Å². The topological polar surface area (TPSA) is 84.9 Å². The second-order valence-electron chi connectivity index (χ2n) is 0.776.